The molecular formula is C12H15NO2. The van der Waals surface area contributed by atoms with E-state index in [0.29, 0.717) is 6.42 Å². The lowest BCUT2D eigenvalue weighted by molar-refractivity contribution is -0.124. The minimum Gasteiger partial charge on any atom is -0.349 e. The molecule has 0 saturated heterocycles. The summed E-state index contributed by atoms with van der Waals surface area (Å²) in [5.74, 6) is -0.152. The van der Waals surface area contributed by atoms with Gasteiger partial charge in [0.25, 0.3) is 0 Å². The summed E-state index contributed by atoms with van der Waals surface area (Å²) in [7, 11) is 0. The maximum Gasteiger partial charge on any atom is 0.224 e. The van der Waals surface area contributed by atoms with E-state index in [1.165, 1.54) is 12.5 Å². The zero-order valence-corrected chi connectivity index (χ0v) is 9.04. The van der Waals surface area contributed by atoms with Gasteiger partial charge in [0.1, 0.15) is 5.78 Å². The van der Waals surface area contributed by atoms with E-state index >= 15 is 0 Å². The van der Waals surface area contributed by atoms with Crippen molar-refractivity contribution in [1.82, 2.24) is 5.32 Å². The molecule has 15 heavy (non-hydrogen) atoms. The number of nitrogens with one attached hydrogen (secondary N) is 1. The normalized spacial score (nSPS) is 9.73. The van der Waals surface area contributed by atoms with Crippen molar-refractivity contribution < 1.29 is 9.59 Å². The second-order valence-electron chi connectivity index (χ2n) is 3.64. The first-order valence-electron chi connectivity index (χ1n) is 4.89. The number of hydrogen-bond donors (Lipinski definition) is 1. The molecular weight excluding hydrogens is 190 g/mol. The van der Waals surface area contributed by atoms with E-state index in [9.17, 15) is 9.59 Å². The van der Waals surface area contributed by atoms with Gasteiger partial charge in [0.2, 0.25) is 5.91 Å². The van der Waals surface area contributed by atoms with Crippen LogP contribution in [0.2, 0.25) is 0 Å². The molecule has 0 saturated carbocycles. The molecule has 0 unspecified atom stereocenters. The Kier molecular flexibility index (Phi) is 4.03. The number of amides is 1. The average molecular weight is 205 g/mol. The molecule has 1 rings (SSSR count). The maximum absolute atomic E-state index is 11.3. The smallest absolute Gasteiger partial charge is 0.224 e. The van der Waals surface area contributed by atoms with Crippen LogP contribution >= 0.6 is 0 Å². The van der Waals surface area contributed by atoms with Gasteiger partial charge in [0.15, 0.2) is 0 Å². The maximum atomic E-state index is 11.3. The third-order valence-electron chi connectivity index (χ3n) is 2.02. The van der Waals surface area contributed by atoms with E-state index in [1.807, 2.05) is 31.2 Å². The number of aryl methyl sites for hydroxylation is 1. The molecule has 3 nitrogen and oxygen atoms in total. The van der Waals surface area contributed by atoms with Crippen LogP contribution in [0.25, 0.3) is 0 Å². The monoisotopic (exact) mass is 205 g/mol. The molecule has 3 heteroatoms. The highest BCUT2D eigenvalue weighted by Gasteiger charge is 2.03. The van der Waals surface area contributed by atoms with Crippen LogP contribution in [0.1, 0.15) is 18.1 Å². The van der Waals surface area contributed by atoms with Crippen LogP contribution in [-0.2, 0) is 16.0 Å². The first kappa shape index (κ1) is 11.4. The highest BCUT2D eigenvalue weighted by Crippen LogP contribution is 2.03. The summed E-state index contributed by atoms with van der Waals surface area (Å²) in [6, 6.07) is 7.77. The van der Waals surface area contributed by atoms with Gasteiger partial charge in [-0.3, -0.25) is 9.59 Å². The minimum absolute atomic E-state index is 0.0349. The molecule has 0 radical (unpaired) electrons. The molecule has 0 bridgehead atoms. The Balaban J connectivity index is 2.44. The van der Waals surface area contributed by atoms with Gasteiger partial charge >= 0.3 is 0 Å². The van der Waals surface area contributed by atoms with E-state index in [2.05, 4.69) is 5.32 Å². The zero-order valence-electron chi connectivity index (χ0n) is 9.04. The van der Waals surface area contributed by atoms with Gasteiger partial charge in [-0.2, -0.15) is 0 Å². The predicted octanol–water partition coefficient (Wildman–Crippen LogP) is 1.24. The Morgan fingerprint density at radius 3 is 2.33 bits per heavy atom. The van der Waals surface area contributed by atoms with Crippen molar-refractivity contribution in [2.24, 2.45) is 0 Å². The lowest BCUT2D eigenvalue weighted by Crippen LogP contribution is -2.29. The number of rotatable bonds is 4. The van der Waals surface area contributed by atoms with Crippen molar-refractivity contribution >= 4 is 11.7 Å². The molecule has 0 aromatic heterocycles. The van der Waals surface area contributed by atoms with Crippen molar-refractivity contribution in [3.8, 4) is 0 Å². The number of carbonyl (C=O) groups excluding carboxylic acids is 2. The van der Waals surface area contributed by atoms with Gasteiger partial charge in [-0.15, -0.1) is 0 Å². The van der Waals surface area contributed by atoms with E-state index in [-0.39, 0.29) is 18.2 Å². The van der Waals surface area contributed by atoms with Gasteiger partial charge in [0, 0.05) is 0 Å². The molecule has 1 N–H and O–H groups in total. The van der Waals surface area contributed by atoms with Crippen molar-refractivity contribution in [3.05, 3.63) is 35.4 Å². The molecule has 0 aliphatic heterocycles. The van der Waals surface area contributed by atoms with Gasteiger partial charge in [-0.25, -0.2) is 0 Å². The first-order valence-corrected chi connectivity index (χ1v) is 4.89. The fraction of sp³-hybridized carbons (Fsp3) is 0.333. The Hall–Kier alpha value is -1.64. The SMILES string of the molecule is CC(=O)CNC(=O)Cc1ccc(C)cc1. The fourth-order valence-electron chi connectivity index (χ4n) is 1.18. The highest BCUT2D eigenvalue weighted by atomic mass is 16.2. The molecule has 0 fully saturated rings. The van der Waals surface area contributed by atoms with Crippen molar-refractivity contribution in [1.29, 1.82) is 0 Å². The van der Waals surface area contributed by atoms with E-state index in [4.69, 9.17) is 0 Å². The second-order valence-corrected chi connectivity index (χ2v) is 3.64. The minimum atomic E-state index is -0.117. The van der Waals surface area contributed by atoms with Crippen molar-refractivity contribution in [2.75, 3.05) is 6.54 Å². The third-order valence-corrected chi connectivity index (χ3v) is 2.02. The molecule has 0 atom stereocenters. The molecule has 80 valence electrons. The molecule has 0 aliphatic carbocycles. The Morgan fingerprint density at radius 1 is 1.20 bits per heavy atom. The van der Waals surface area contributed by atoms with Crippen LogP contribution < -0.4 is 5.32 Å². The van der Waals surface area contributed by atoms with Crippen LogP contribution in [-0.4, -0.2) is 18.2 Å². The van der Waals surface area contributed by atoms with E-state index < -0.39 is 0 Å². The van der Waals surface area contributed by atoms with Crippen LogP contribution in [0.15, 0.2) is 24.3 Å². The average Bonchev–Trinajstić information content (AvgIpc) is 2.19. The largest absolute Gasteiger partial charge is 0.349 e. The zero-order chi connectivity index (χ0) is 11.3. The quantitative estimate of drug-likeness (QED) is 0.804. The van der Waals surface area contributed by atoms with E-state index in [0.717, 1.165) is 5.56 Å². The van der Waals surface area contributed by atoms with Gasteiger partial charge in [0.05, 0.1) is 13.0 Å². The number of hydrogen-bond acceptors (Lipinski definition) is 2. The van der Waals surface area contributed by atoms with E-state index in [1.54, 1.807) is 0 Å². The molecule has 1 amide bonds. The fourth-order valence-corrected chi connectivity index (χ4v) is 1.18. The van der Waals surface area contributed by atoms with Gasteiger partial charge in [-0.1, -0.05) is 29.8 Å². The summed E-state index contributed by atoms with van der Waals surface area (Å²) in [5, 5.41) is 2.56. The number of ketones is 1. The van der Waals surface area contributed by atoms with Crippen LogP contribution in [0.3, 0.4) is 0 Å². The first-order chi connectivity index (χ1) is 7.08. The third kappa shape index (κ3) is 4.40. The summed E-state index contributed by atoms with van der Waals surface area (Å²) in [4.78, 5) is 22.0. The topological polar surface area (TPSA) is 46.2 Å². The lowest BCUT2D eigenvalue weighted by Gasteiger charge is -2.03. The molecule has 0 aliphatic rings. The van der Waals surface area contributed by atoms with Crippen LogP contribution in [0.4, 0.5) is 0 Å². The molecule has 0 heterocycles. The second kappa shape index (κ2) is 5.29. The van der Waals surface area contributed by atoms with Crippen molar-refractivity contribution in [2.45, 2.75) is 20.3 Å². The standard InChI is InChI=1S/C12H15NO2/c1-9-3-5-11(6-4-9)7-12(15)13-8-10(2)14/h3-6H,7-8H2,1-2H3,(H,13,15). The summed E-state index contributed by atoms with van der Waals surface area (Å²) >= 11 is 0. The van der Waals surface area contributed by atoms with Crippen LogP contribution in [0.5, 0.6) is 0 Å². The lowest BCUT2D eigenvalue weighted by atomic mass is 10.1. The molecule has 0 spiro atoms. The molecule has 1 aromatic rings. The molecule has 1 aromatic carbocycles. The number of carbonyl (C=O) groups is 2. The van der Waals surface area contributed by atoms with Crippen molar-refractivity contribution in [3.63, 3.8) is 0 Å². The summed E-state index contributed by atoms with van der Waals surface area (Å²) in [5.41, 5.74) is 2.13. The Morgan fingerprint density at radius 2 is 1.80 bits per heavy atom. The summed E-state index contributed by atoms with van der Waals surface area (Å²) in [6.07, 6.45) is 0.327. The number of benzene rings is 1. The van der Waals surface area contributed by atoms with Gasteiger partial charge < -0.3 is 5.32 Å². The highest BCUT2D eigenvalue weighted by molar-refractivity contribution is 5.85. The predicted molar refractivity (Wildman–Crippen MR) is 58.6 cm³/mol. The number of Topliss-reactive ketones (excluding diaryl/α,β-unsaturated/α-hetero) is 1. The Labute approximate surface area is 89.5 Å². The summed E-state index contributed by atoms with van der Waals surface area (Å²) < 4.78 is 0. The Bertz CT molecular complexity index is 354. The van der Waals surface area contributed by atoms with Gasteiger partial charge in [-0.05, 0) is 19.4 Å². The summed E-state index contributed by atoms with van der Waals surface area (Å²) in [6.45, 7) is 3.57. The van der Waals surface area contributed by atoms with Crippen LogP contribution in [0, 0.1) is 6.92 Å².